The fourth-order valence-electron chi connectivity index (χ4n) is 5.54. The molecule has 0 saturated heterocycles. The van der Waals surface area contributed by atoms with Gasteiger partial charge in [0.25, 0.3) is 5.91 Å². The van der Waals surface area contributed by atoms with Crippen LogP contribution in [0.15, 0.2) is 53.7 Å². The van der Waals surface area contributed by atoms with Crippen LogP contribution in [0.2, 0.25) is 0 Å². The van der Waals surface area contributed by atoms with Gasteiger partial charge in [-0.15, -0.1) is 12.4 Å². The van der Waals surface area contributed by atoms with Gasteiger partial charge in [0.2, 0.25) is 10.0 Å². The fraction of sp³-hybridized carbons (Fsp3) is 0.556. The van der Waals surface area contributed by atoms with Crippen molar-refractivity contribution in [2.24, 2.45) is 5.92 Å². The summed E-state index contributed by atoms with van der Waals surface area (Å²) in [4.78, 5) is 17.2. The van der Waals surface area contributed by atoms with Crippen LogP contribution in [0.4, 0.5) is 0 Å². The second-order valence-corrected chi connectivity index (χ2v) is 11.8. The molecule has 9 nitrogen and oxygen atoms in total. The van der Waals surface area contributed by atoms with Gasteiger partial charge >= 0.3 is 0 Å². The molecule has 0 radical (unpaired) electrons. The second-order valence-electron chi connectivity index (χ2n) is 9.94. The number of hydrogen-bond acceptors (Lipinski definition) is 7. The minimum atomic E-state index is -4.11. The average molecular weight is 568 g/mol. The monoisotopic (exact) mass is 567 g/mol. The predicted molar refractivity (Wildman–Crippen MR) is 145 cm³/mol. The first-order valence-corrected chi connectivity index (χ1v) is 14.5. The molecule has 1 heterocycles. The minimum absolute atomic E-state index is 0. The summed E-state index contributed by atoms with van der Waals surface area (Å²) < 4.78 is 40.7. The van der Waals surface area contributed by atoms with Gasteiger partial charge in [-0.2, -0.15) is 4.31 Å². The van der Waals surface area contributed by atoms with E-state index in [4.69, 9.17) is 9.47 Å². The highest BCUT2D eigenvalue weighted by Gasteiger charge is 2.42. The summed E-state index contributed by atoms with van der Waals surface area (Å²) in [5.41, 5.74) is 2.43. The highest BCUT2D eigenvalue weighted by Crippen LogP contribution is 2.36. The van der Waals surface area contributed by atoms with Crippen molar-refractivity contribution in [1.29, 1.82) is 0 Å². The number of carbonyl (C=O) groups is 1. The zero-order valence-electron chi connectivity index (χ0n) is 21.7. The number of nitrogens with zero attached hydrogens (tertiary/aromatic N) is 2. The highest BCUT2D eigenvalue weighted by molar-refractivity contribution is 7.89. The first-order valence-electron chi connectivity index (χ1n) is 13.1. The van der Waals surface area contributed by atoms with Crippen molar-refractivity contribution in [2.45, 2.75) is 87.5 Å². The number of methoxy groups -OCH3 is 1. The summed E-state index contributed by atoms with van der Waals surface area (Å²) in [7, 11) is -2.60. The Morgan fingerprint density at radius 1 is 1.00 bits per heavy atom. The first kappa shape index (κ1) is 30.3. The summed E-state index contributed by atoms with van der Waals surface area (Å²) in [5.74, 6) is -0.475. The third-order valence-electron chi connectivity index (χ3n) is 7.55. The number of rotatable bonds is 10. The molecule has 2 aliphatic carbocycles. The van der Waals surface area contributed by atoms with E-state index in [1.54, 1.807) is 42.1 Å². The predicted octanol–water partition coefficient (Wildman–Crippen LogP) is 4.49. The molecule has 2 fully saturated rings. The Labute approximate surface area is 231 Å². The van der Waals surface area contributed by atoms with E-state index in [1.807, 2.05) is 0 Å². The summed E-state index contributed by atoms with van der Waals surface area (Å²) in [6.45, 7) is -0.0343. The normalized spacial score (nSPS) is 21.3. The van der Waals surface area contributed by atoms with Crippen LogP contribution in [0.5, 0.6) is 5.75 Å². The van der Waals surface area contributed by atoms with E-state index in [0.717, 1.165) is 25.7 Å². The molecule has 1 aromatic heterocycles. The van der Waals surface area contributed by atoms with Crippen LogP contribution in [0, 0.1) is 5.92 Å². The third kappa shape index (κ3) is 7.45. The Balaban J connectivity index is 0.00000400. The van der Waals surface area contributed by atoms with Crippen molar-refractivity contribution < 1.29 is 27.9 Å². The van der Waals surface area contributed by atoms with Crippen LogP contribution in [0.1, 0.15) is 63.4 Å². The maximum atomic E-state index is 14.0. The molecule has 0 spiro atoms. The number of ether oxygens (including phenoxy) is 2. The molecule has 2 saturated carbocycles. The van der Waals surface area contributed by atoms with Crippen LogP contribution in [0.25, 0.3) is 0 Å². The van der Waals surface area contributed by atoms with Crippen molar-refractivity contribution in [1.82, 2.24) is 14.8 Å². The maximum Gasteiger partial charge on any atom is 0.262 e. The number of amides is 1. The van der Waals surface area contributed by atoms with Crippen molar-refractivity contribution >= 4 is 28.3 Å². The molecule has 1 atom stereocenters. The quantitative estimate of drug-likeness (QED) is 0.321. The molecule has 0 aliphatic heterocycles. The standard InChI is InChI=1S/C27H37N3O6S.ClH/c1-35-22-11-13-25(14-12-22)37(33,34)30(19-20-15-17-28-18-16-20)26(27(31)29-32)21-7-9-24(10-8-21)36-23-5-3-2-4-6-23;/h11-18,21,23-24,26,32H,2-10,19H2,1H3,(H,29,31);1H/t21-,24-,26?;. The van der Waals surface area contributed by atoms with Gasteiger partial charge in [0.1, 0.15) is 11.8 Å². The molecular formula is C27H38ClN3O6S. The molecule has 210 valence electrons. The Morgan fingerprint density at radius 3 is 2.18 bits per heavy atom. The van der Waals surface area contributed by atoms with Gasteiger partial charge in [-0.25, -0.2) is 13.9 Å². The molecule has 2 aromatic rings. The van der Waals surface area contributed by atoms with E-state index in [0.29, 0.717) is 30.3 Å². The number of halogens is 1. The number of nitrogens with one attached hydrogen (secondary N) is 1. The van der Waals surface area contributed by atoms with Crippen molar-refractivity contribution in [3.05, 3.63) is 54.4 Å². The Bertz CT molecular complexity index is 1110. The molecule has 0 bridgehead atoms. The largest absolute Gasteiger partial charge is 0.497 e. The van der Waals surface area contributed by atoms with Crippen LogP contribution in [-0.4, -0.2) is 54.2 Å². The number of benzene rings is 1. The number of sulfonamides is 1. The molecule has 4 rings (SSSR count). The molecule has 2 aliphatic rings. The smallest absolute Gasteiger partial charge is 0.262 e. The van der Waals surface area contributed by atoms with Gasteiger partial charge in [0.15, 0.2) is 0 Å². The Kier molecular flexibility index (Phi) is 11.3. The molecule has 2 N–H and O–H groups in total. The van der Waals surface area contributed by atoms with E-state index >= 15 is 0 Å². The van der Waals surface area contributed by atoms with Crippen LogP contribution in [-0.2, 0) is 26.1 Å². The van der Waals surface area contributed by atoms with Crippen molar-refractivity contribution in [3.8, 4) is 5.75 Å². The van der Waals surface area contributed by atoms with E-state index in [-0.39, 0.29) is 35.9 Å². The first-order chi connectivity index (χ1) is 17.9. The topological polar surface area (TPSA) is 118 Å². The highest BCUT2D eigenvalue weighted by atomic mass is 35.5. The molecular weight excluding hydrogens is 530 g/mol. The summed E-state index contributed by atoms with van der Waals surface area (Å²) >= 11 is 0. The van der Waals surface area contributed by atoms with Gasteiger partial charge in [-0.1, -0.05) is 19.3 Å². The number of aromatic nitrogens is 1. The number of hydroxylamine groups is 1. The SMILES string of the molecule is COc1ccc(S(=O)(=O)N(Cc2ccncc2)C(C(=O)NO)[C@H]2CC[C@H](OC3CCCCC3)CC2)cc1.Cl. The van der Waals surface area contributed by atoms with E-state index < -0.39 is 22.0 Å². The van der Waals surface area contributed by atoms with E-state index in [2.05, 4.69) is 4.98 Å². The lowest BCUT2D eigenvalue weighted by Gasteiger charge is -2.39. The van der Waals surface area contributed by atoms with Crippen LogP contribution >= 0.6 is 12.4 Å². The number of pyridine rings is 1. The average Bonchev–Trinajstić information content (AvgIpc) is 2.94. The molecule has 1 unspecified atom stereocenters. The maximum absolute atomic E-state index is 14.0. The Hall–Kier alpha value is -2.24. The van der Waals surface area contributed by atoms with Crippen LogP contribution in [0.3, 0.4) is 0 Å². The van der Waals surface area contributed by atoms with E-state index in [1.165, 1.54) is 42.8 Å². The lowest BCUT2D eigenvalue weighted by atomic mass is 9.81. The molecule has 1 amide bonds. The van der Waals surface area contributed by atoms with Gasteiger partial charge in [0, 0.05) is 18.9 Å². The summed E-state index contributed by atoms with van der Waals surface area (Å²) in [6.07, 6.45) is 12.2. The fourth-order valence-corrected chi connectivity index (χ4v) is 7.18. The summed E-state index contributed by atoms with van der Waals surface area (Å²) in [6, 6.07) is 8.45. The van der Waals surface area contributed by atoms with Crippen molar-refractivity contribution in [2.75, 3.05) is 7.11 Å². The molecule has 38 heavy (non-hydrogen) atoms. The zero-order chi connectivity index (χ0) is 26.3. The minimum Gasteiger partial charge on any atom is -0.497 e. The van der Waals surface area contributed by atoms with E-state index in [9.17, 15) is 18.4 Å². The lowest BCUT2D eigenvalue weighted by molar-refractivity contribution is -0.136. The van der Waals surface area contributed by atoms with Crippen LogP contribution < -0.4 is 10.2 Å². The molecule has 11 heteroatoms. The summed E-state index contributed by atoms with van der Waals surface area (Å²) in [5, 5.41) is 9.65. The number of hydrogen-bond donors (Lipinski definition) is 2. The van der Waals surface area contributed by atoms with Gasteiger partial charge < -0.3 is 9.47 Å². The van der Waals surface area contributed by atoms with Crippen molar-refractivity contribution in [3.63, 3.8) is 0 Å². The molecule has 1 aromatic carbocycles. The third-order valence-corrected chi connectivity index (χ3v) is 9.39. The van der Waals surface area contributed by atoms with Gasteiger partial charge in [0.05, 0.1) is 24.2 Å². The zero-order valence-corrected chi connectivity index (χ0v) is 23.3. The van der Waals surface area contributed by atoms with Gasteiger partial charge in [-0.05, 0) is 86.4 Å². The van der Waals surface area contributed by atoms with Gasteiger partial charge in [-0.3, -0.25) is 15.0 Å². The Morgan fingerprint density at radius 2 is 1.61 bits per heavy atom. The lowest BCUT2D eigenvalue weighted by Crippen LogP contribution is -2.53. The number of carbonyl (C=O) groups excluding carboxylic acids is 1. The second kappa shape index (κ2) is 14.2.